The Bertz CT molecular complexity index is 1110. The van der Waals surface area contributed by atoms with E-state index in [4.69, 9.17) is 27.9 Å². The topological polar surface area (TPSA) is 53.0 Å². The van der Waals surface area contributed by atoms with Crippen LogP contribution in [-0.4, -0.2) is 61.2 Å². The molecule has 0 spiro atoms. The van der Waals surface area contributed by atoms with Gasteiger partial charge in [-0.25, -0.2) is 0 Å². The van der Waals surface area contributed by atoms with Crippen LogP contribution in [0.25, 0.3) is 0 Å². The van der Waals surface area contributed by atoms with Crippen LogP contribution >= 0.6 is 23.2 Å². The summed E-state index contributed by atoms with van der Waals surface area (Å²) in [5.74, 6) is 0.545. The van der Waals surface area contributed by atoms with E-state index in [1.807, 2.05) is 19.1 Å². The molecule has 7 heteroatoms. The van der Waals surface area contributed by atoms with Gasteiger partial charge in [0.15, 0.2) is 5.78 Å². The first-order valence-corrected chi connectivity index (χ1v) is 12.1. The van der Waals surface area contributed by atoms with Crippen LogP contribution in [-0.2, 0) is 0 Å². The number of β-amino-alcohol motifs (C(OH)–C–C–N with tert-alkyl or cyclic N) is 1. The first-order chi connectivity index (χ1) is 16.4. The van der Waals surface area contributed by atoms with Crippen LogP contribution in [0.1, 0.15) is 21.5 Å². The molecule has 34 heavy (non-hydrogen) atoms. The largest absolute Gasteiger partial charge is 0.491 e. The number of rotatable bonds is 8. The number of nitrogens with zero attached hydrogens (tertiary/aromatic N) is 2. The van der Waals surface area contributed by atoms with Gasteiger partial charge < -0.3 is 14.7 Å². The summed E-state index contributed by atoms with van der Waals surface area (Å²) in [6.07, 6.45) is -0.601. The average molecular weight is 499 g/mol. The van der Waals surface area contributed by atoms with Crippen molar-refractivity contribution in [3.63, 3.8) is 0 Å². The highest BCUT2D eigenvalue weighted by Gasteiger charge is 2.20. The third kappa shape index (κ3) is 6.30. The molecule has 1 N–H and O–H groups in total. The SMILES string of the molecule is Cc1ccc(N2CCN(CC(O)COc3ccc(C(=O)c4ccc(Cl)cc4)cc3)CC2)cc1Cl. The Morgan fingerprint density at radius 1 is 0.941 bits per heavy atom. The summed E-state index contributed by atoms with van der Waals surface area (Å²) in [6.45, 7) is 6.25. The number of carbonyl (C=O) groups is 1. The lowest BCUT2D eigenvalue weighted by Gasteiger charge is -2.37. The van der Waals surface area contributed by atoms with Gasteiger partial charge in [0.05, 0.1) is 0 Å². The molecule has 3 aromatic rings. The second kappa shape index (κ2) is 11.2. The molecule has 5 nitrogen and oxygen atoms in total. The van der Waals surface area contributed by atoms with E-state index in [0.717, 1.165) is 42.5 Å². The molecule has 4 rings (SSSR count). The number of aryl methyl sites for hydroxylation is 1. The fourth-order valence-electron chi connectivity index (χ4n) is 3.98. The van der Waals surface area contributed by atoms with E-state index in [2.05, 4.69) is 15.9 Å². The Labute approximate surface area is 210 Å². The number of anilines is 1. The normalized spacial score (nSPS) is 15.2. The summed E-state index contributed by atoms with van der Waals surface area (Å²) in [4.78, 5) is 17.1. The van der Waals surface area contributed by atoms with Crippen molar-refractivity contribution in [2.24, 2.45) is 0 Å². The zero-order valence-corrected chi connectivity index (χ0v) is 20.6. The molecule has 1 atom stereocenters. The number of benzene rings is 3. The minimum absolute atomic E-state index is 0.0738. The molecule has 1 aliphatic rings. The standard InChI is InChI=1S/C27H28Cl2N2O3/c1-19-2-9-23(16-26(19)29)31-14-12-30(13-15-31)17-24(32)18-34-25-10-5-21(6-11-25)27(33)20-3-7-22(28)8-4-20/h2-11,16,24,32H,12-15,17-18H2,1H3. The van der Waals surface area contributed by atoms with Crippen LogP contribution in [0.2, 0.25) is 10.0 Å². The molecule has 0 aromatic heterocycles. The molecule has 0 aliphatic carbocycles. The predicted octanol–water partition coefficient (Wildman–Crippen LogP) is 5.09. The quantitative estimate of drug-likeness (QED) is 0.438. The number of piperazine rings is 1. The number of aliphatic hydroxyl groups excluding tert-OH is 1. The van der Waals surface area contributed by atoms with E-state index in [1.165, 1.54) is 0 Å². The summed E-state index contributed by atoms with van der Waals surface area (Å²) >= 11 is 12.2. The van der Waals surface area contributed by atoms with Gasteiger partial charge in [0.25, 0.3) is 0 Å². The Morgan fingerprint density at radius 2 is 1.56 bits per heavy atom. The first-order valence-electron chi connectivity index (χ1n) is 11.3. The third-order valence-corrected chi connectivity index (χ3v) is 6.69. The first kappa shape index (κ1) is 24.6. The van der Waals surface area contributed by atoms with E-state index < -0.39 is 6.10 Å². The van der Waals surface area contributed by atoms with Crippen LogP contribution in [0.5, 0.6) is 5.75 Å². The molecule has 0 amide bonds. The van der Waals surface area contributed by atoms with Crippen molar-refractivity contribution in [2.75, 3.05) is 44.2 Å². The van der Waals surface area contributed by atoms with Crippen molar-refractivity contribution in [1.82, 2.24) is 4.90 Å². The van der Waals surface area contributed by atoms with Gasteiger partial charge >= 0.3 is 0 Å². The van der Waals surface area contributed by atoms with Crippen LogP contribution in [0, 0.1) is 6.92 Å². The third-order valence-electron chi connectivity index (χ3n) is 6.03. The molecular weight excluding hydrogens is 471 g/mol. The number of ether oxygens (including phenoxy) is 1. The number of halogens is 2. The van der Waals surface area contributed by atoms with Crippen LogP contribution < -0.4 is 9.64 Å². The molecule has 3 aromatic carbocycles. The van der Waals surface area contributed by atoms with Gasteiger partial charge in [-0.15, -0.1) is 0 Å². The molecule has 1 fully saturated rings. The molecule has 178 valence electrons. The van der Waals surface area contributed by atoms with Crippen molar-refractivity contribution < 1.29 is 14.6 Å². The van der Waals surface area contributed by atoms with Crippen molar-refractivity contribution in [3.8, 4) is 5.75 Å². The van der Waals surface area contributed by atoms with Crippen molar-refractivity contribution >= 4 is 34.7 Å². The molecule has 0 radical (unpaired) electrons. The molecular formula is C27H28Cl2N2O3. The zero-order valence-electron chi connectivity index (χ0n) is 19.1. The molecule has 0 bridgehead atoms. The second-order valence-electron chi connectivity index (χ2n) is 8.55. The maximum absolute atomic E-state index is 12.6. The van der Waals surface area contributed by atoms with Gasteiger partial charge in [-0.3, -0.25) is 9.69 Å². The van der Waals surface area contributed by atoms with Gasteiger partial charge in [-0.2, -0.15) is 0 Å². The van der Waals surface area contributed by atoms with E-state index in [1.54, 1.807) is 48.5 Å². The average Bonchev–Trinajstić information content (AvgIpc) is 2.85. The van der Waals surface area contributed by atoms with E-state index in [-0.39, 0.29) is 12.4 Å². The van der Waals surface area contributed by atoms with E-state index in [0.29, 0.717) is 28.4 Å². The summed E-state index contributed by atoms with van der Waals surface area (Å²) in [5, 5.41) is 11.8. The van der Waals surface area contributed by atoms with Gasteiger partial charge in [0.1, 0.15) is 18.5 Å². The zero-order chi connectivity index (χ0) is 24.1. The predicted molar refractivity (Wildman–Crippen MR) is 138 cm³/mol. The monoisotopic (exact) mass is 498 g/mol. The number of ketones is 1. The molecule has 0 saturated carbocycles. The Morgan fingerprint density at radius 3 is 2.18 bits per heavy atom. The van der Waals surface area contributed by atoms with Crippen LogP contribution in [0.3, 0.4) is 0 Å². The van der Waals surface area contributed by atoms with Crippen molar-refractivity contribution in [3.05, 3.63) is 93.5 Å². The van der Waals surface area contributed by atoms with Gasteiger partial charge in [-0.05, 0) is 73.2 Å². The van der Waals surface area contributed by atoms with Crippen molar-refractivity contribution in [1.29, 1.82) is 0 Å². The molecule has 1 heterocycles. The minimum Gasteiger partial charge on any atom is -0.491 e. The number of hydrogen-bond acceptors (Lipinski definition) is 5. The fourth-order valence-corrected chi connectivity index (χ4v) is 4.28. The summed E-state index contributed by atoms with van der Waals surface area (Å²) in [6, 6.07) is 20.0. The number of hydrogen-bond donors (Lipinski definition) is 1. The van der Waals surface area contributed by atoms with Crippen LogP contribution in [0.4, 0.5) is 5.69 Å². The maximum Gasteiger partial charge on any atom is 0.193 e. The lowest BCUT2D eigenvalue weighted by atomic mass is 10.0. The molecule has 1 aliphatic heterocycles. The van der Waals surface area contributed by atoms with E-state index in [9.17, 15) is 9.90 Å². The smallest absolute Gasteiger partial charge is 0.193 e. The van der Waals surface area contributed by atoms with E-state index >= 15 is 0 Å². The van der Waals surface area contributed by atoms with Gasteiger partial charge in [0, 0.05) is 59.6 Å². The minimum atomic E-state index is -0.601. The lowest BCUT2D eigenvalue weighted by molar-refractivity contribution is 0.0663. The fraction of sp³-hybridized carbons (Fsp3) is 0.296. The summed E-state index contributed by atoms with van der Waals surface area (Å²) < 4.78 is 5.75. The van der Waals surface area contributed by atoms with Crippen LogP contribution in [0.15, 0.2) is 66.7 Å². The van der Waals surface area contributed by atoms with Crippen molar-refractivity contribution in [2.45, 2.75) is 13.0 Å². The highest BCUT2D eigenvalue weighted by Crippen LogP contribution is 2.24. The maximum atomic E-state index is 12.6. The number of carbonyl (C=O) groups excluding carboxylic acids is 1. The Balaban J connectivity index is 1.22. The number of aliphatic hydroxyl groups is 1. The lowest BCUT2D eigenvalue weighted by Crippen LogP contribution is -2.49. The second-order valence-corrected chi connectivity index (χ2v) is 9.39. The molecule has 1 unspecified atom stereocenters. The summed E-state index contributed by atoms with van der Waals surface area (Å²) in [5.41, 5.74) is 3.37. The Kier molecular flexibility index (Phi) is 8.11. The molecule has 1 saturated heterocycles. The highest BCUT2D eigenvalue weighted by atomic mass is 35.5. The van der Waals surface area contributed by atoms with Gasteiger partial charge in [-0.1, -0.05) is 29.3 Å². The van der Waals surface area contributed by atoms with Gasteiger partial charge in [0.2, 0.25) is 0 Å². The summed E-state index contributed by atoms with van der Waals surface area (Å²) in [7, 11) is 0. The Hall–Kier alpha value is -2.57. The highest BCUT2D eigenvalue weighted by molar-refractivity contribution is 6.31.